The van der Waals surface area contributed by atoms with Crippen molar-refractivity contribution in [3.05, 3.63) is 71.9 Å². The topological polar surface area (TPSA) is 104 Å². The summed E-state index contributed by atoms with van der Waals surface area (Å²) in [6, 6.07) is 16.0. The lowest BCUT2D eigenvalue weighted by molar-refractivity contribution is -0.154. The van der Waals surface area contributed by atoms with Crippen LogP contribution in [-0.2, 0) is 26.2 Å². The Morgan fingerprint density at radius 3 is 2.44 bits per heavy atom. The normalized spacial score (nSPS) is 12.1. The van der Waals surface area contributed by atoms with Gasteiger partial charge in [0, 0.05) is 23.8 Å². The Morgan fingerprint density at radius 1 is 1.06 bits per heavy atom. The number of hydrogen-bond acceptors (Lipinski definition) is 7. The van der Waals surface area contributed by atoms with Gasteiger partial charge in [-0.2, -0.15) is 4.98 Å². The maximum Gasteiger partial charge on any atom is 0.306 e. The molecule has 2 aromatic carbocycles. The zero-order valence-electron chi connectivity index (χ0n) is 20.0. The molecule has 0 fully saturated rings. The number of esters is 1. The molecule has 0 aliphatic heterocycles. The Labute approximate surface area is 199 Å². The standard InChI is InChI=1S/C26H31N3O5/c1-5-32-20-15-10-9-14-19(20)27-24(31)23(18-12-7-6-8-13-18)33-22(30)17-11-16-21-28-25(29-34-21)26(2,3)4/h6-10,12-15,23H,5,11,16-17H2,1-4H3,(H,27,31). The van der Waals surface area contributed by atoms with Crippen LogP contribution in [-0.4, -0.2) is 28.6 Å². The molecule has 8 heteroatoms. The van der Waals surface area contributed by atoms with Crippen molar-refractivity contribution >= 4 is 17.6 Å². The van der Waals surface area contributed by atoms with Crippen LogP contribution in [0, 0.1) is 0 Å². The van der Waals surface area contributed by atoms with Crippen LogP contribution in [0.15, 0.2) is 59.1 Å². The Balaban J connectivity index is 1.64. The average molecular weight is 466 g/mol. The summed E-state index contributed by atoms with van der Waals surface area (Å²) in [6.45, 7) is 8.33. The summed E-state index contributed by atoms with van der Waals surface area (Å²) in [4.78, 5) is 30.1. The monoisotopic (exact) mass is 465 g/mol. The number of aromatic nitrogens is 2. The number of benzene rings is 2. The van der Waals surface area contributed by atoms with E-state index < -0.39 is 18.0 Å². The van der Waals surface area contributed by atoms with E-state index in [1.807, 2.05) is 39.8 Å². The number of carbonyl (C=O) groups is 2. The van der Waals surface area contributed by atoms with E-state index in [1.54, 1.807) is 42.5 Å². The van der Waals surface area contributed by atoms with Gasteiger partial charge < -0.3 is 19.3 Å². The number of aryl methyl sites for hydroxylation is 1. The number of rotatable bonds is 10. The van der Waals surface area contributed by atoms with E-state index in [1.165, 1.54) is 0 Å². The van der Waals surface area contributed by atoms with Gasteiger partial charge in [-0.3, -0.25) is 9.59 Å². The van der Waals surface area contributed by atoms with Crippen molar-refractivity contribution in [1.82, 2.24) is 10.1 Å². The SMILES string of the molecule is CCOc1ccccc1NC(=O)C(OC(=O)CCCc1nc(C(C)(C)C)no1)c1ccccc1. The zero-order chi connectivity index (χ0) is 24.6. The van der Waals surface area contributed by atoms with Gasteiger partial charge in [0.2, 0.25) is 12.0 Å². The molecule has 0 saturated carbocycles. The van der Waals surface area contributed by atoms with Crippen molar-refractivity contribution in [2.24, 2.45) is 0 Å². The predicted molar refractivity (Wildman–Crippen MR) is 127 cm³/mol. The highest BCUT2D eigenvalue weighted by molar-refractivity contribution is 5.97. The van der Waals surface area contributed by atoms with Gasteiger partial charge >= 0.3 is 5.97 Å². The smallest absolute Gasteiger partial charge is 0.306 e. The van der Waals surface area contributed by atoms with Crippen LogP contribution in [0.4, 0.5) is 5.69 Å². The molecule has 0 bridgehead atoms. The van der Waals surface area contributed by atoms with Crippen molar-refractivity contribution in [2.75, 3.05) is 11.9 Å². The van der Waals surface area contributed by atoms with Gasteiger partial charge in [-0.1, -0.05) is 68.4 Å². The minimum absolute atomic E-state index is 0.110. The molecule has 0 aliphatic carbocycles. The summed E-state index contributed by atoms with van der Waals surface area (Å²) in [5.41, 5.74) is 0.879. The van der Waals surface area contributed by atoms with E-state index in [0.717, 1.165) is 0 Å². The Kier molecular flexibility index (Phi) is 8.40. The average Bonchev–Trinajstić information content (AvgIpc) is 3.29. The minimum atomic E-state index is -1.10. The molecule has 1 N–H and O–H groups in total. The Morgan fingerprint density at radius 2 is 1.76 bits per heavy atom. The molecule has 3 rings (SSSR count). The van der Waals surface area contributed by atoms with Crippen LogP contribution in [0.5, 0.6) is 5.75 Å². The van der Waals surface area contributed by atoms with Gasteiger partial charge in [0.1, 0.15) is 5.75 Å². The molecule has 0 radical (unpaired) electrons. The molecule has 1 amide bonds. The first-order valence-corrected chi connectivity index (χ1v) is 11.4. The molecule has 8 nitrogen and oxygen atoms in total. The number of amides is 1. The number of ether oxygens (including phenoxy) is 2. The highest BCUT2D eigenvalue weighted by atomic mass is 16.5. The number of nitrogens with one attached hydrogen (secondary N) is 1. The Bertz CT molecular complexity index is 1090. The second-order valence-corrected chi connectivity index (χ2v) is 8.81. The molecule has 1 heterocycles. The summed E-state index contributed by atoms with van der Waals surface area (Å²) < 4.78 is 16.5. The molecule has 34 heavy (non-hydrogen) atoms. The molecule has 1 unspecified atom stereocenters. The number of carbonyl (C=O) groups excluding carboxylic acids is 2. The lowest BCUT2D eigenvalue weighted by atomic mass is 9.96. The van der Waals surface area contributed by atoms with Crippen LogP contribution in [0.3, 0.4) is 0 Å². The minimum Gasteiger partial charge on any atom is -0.492 e. The predicted octanol–water partition coefficient (Wildman–Crippen LogP) is 5.01. The van der Waals surface area contributed by atoms with Crippen LogP contribution in [0.25, 0.3) is 0 Å². The lowest BCUT2D eigenvalue weighted by Crippen LogP contribution is -2.26. The number of anilines is 1. The van der Waals surface area contributed by atoms with E-state index >= 15 is 0 Å². The summed E-state index contributed by atoms with van der Waals surface area (Å²) in [5.74, 6) is 0.697. The first-order chi connectivity index (χ1) is 16.3. The van der Waals surface area contributed by atoms with Crippen LogP contribution >= 0.6 is 0 Å². The second-order valence-electron chi connectivity index (χ2n) is 8.81. The quantitative estimate of drug-likeness (QED) is 0.420. The van der Waals surface area contributed by atoms with Crippen LogP contribution in [0.2, 0.25) is 0 Å². The maximum atomic E-state index is 13.1. The molecule has 1 atom stereocenters. The maximum absolute atomic E-state index is 13.1. The fraction of sp³-hybridized carbons (Fsp3) is 0.385. The fourth-order valence-corrected chi connectivity index (χ4v) is 3.19. The van der Waals surface area contributed by atoms with Crippen molar-refractivity contribution in [1.29, 1.82) is 0 Å². The molecular weight excluding hydrogens is 434 g/mol. The highest BCUT2D eigenvalue weighted by Crippen LogP contribution is 2.27. The third-order valence-electron chi connectivity index (χ3n) is 4.94. The van der Waals surface area contributed by atoms with Gasteiger partial charge in [-0.25, -0.2) is 0 Å². The van der Waals surface area contributed by atoms with E-state index in [9.17, 15) is 9.59 Å². The molecular formula is C26H31N3O5. The van der Waals surface area contributed by atoms with Gasteiger partial charge in [0.15, 0.2) is 5.82 Å². The van der Waals surface area contributed by atoms with Crippen LogP contribution < -0.4 is 10.1 Å². The number of hydrogen-bond donors (Lipinski definition) is 1. The first kappa shape index (κ1) is 25.0. The largest absolute Gasteiger partial charge is 0.492 e. The van der Waals surface area contributed by atoms with Gasteiger partial charge in [-0.05, 0) is 25.5 Å². The summed E-state index contributed by atoms with van der Waals surface area (Å²) >= 11 is 0. The van der Waals surface area contributed by atoms with E-state index in [-0.39, 0.29) is 11.8 Å². The molecule has 180 valence electrons. The fourth-order valence-electron chi connectivity index (χ4n) is 3.19. The summed E-state index contributed by atoms with van der Waals surface area (Å²) in [5, 5.41) is 6.81. The zero-order valence-corrected chi connectivity index (χ0v) is 20.0. The van der Waals surface area contributed by atoms with Gasteiger partial charge in [0.05, 0.1) is 12.3 Å². The molecule has 1 aromatic heterocycles. The van der Waals surface area contributed by atoms with Crippen molar-refractivity contribution in [2.45, 2.75) is 58.5 Å². The summed E-state index contributed by atoms with van der Waals surface area (Å²) in [7, 11) is 0. The molecule has 0 aliphatic rings. The lowest BCUT2D eigenvalue weighted by Gasteiger charge is -2.19. The van der Waals surface area contributed by atoms with Crippen molar-refractivity contribution < 1.29 is 23.6 Å². The number of para-hydroxylation sites is 2. The van der Waals surface area contributed by atoms with Crippen LogP contribution in [0.1, 0.15) is 63.9 Å². The highest BCUT2D eigenvalue weighted by Gasteiger charge is 2.26. The van der Waals surface area contributed by atoms with E-state index in [4.69, 9.17) is 14.0 Å². The Hall–Kier alpha value is -3.68. The molecule has 0 saturated heterocycles. The first-order valence-electron chi connectivity index (χ1n) is 11.4. The van der Waals surface area contributed by atoms with Gasteiger partial charge in [0.25, 0.3) is 5.91 Å². The third-order valence-corrected chi connectivity index (χ3v) is 4.94. The van der Waals surface area contributed by atoms with Crippen molar-refractivity contribution in [3.8, 4) is 5.75 Å². The van der Waals surface area contributed by atoms with E-state index in [0.29, 0.717) is 48.2 Å². The second kappa shape index (κ2) is 11.4. The number of nitrogens with zero attached hydrogens (tertiary/aromatic N) is 2. The third kappa shape index (κ3) is 6.91. The van der Waals surface area contributed by atoms with E-state index in [2.05, 4.69) is 15.5 Å². The summed E-state index contributed by atoms with van der Waals surface area (Å²) in [6.07, 6.45) is -0.0816. The van der Waals surface area contributed by atoms with Gasteiger partial charge in [-0.15, -0.1) is 0 Å². The molecule has 0 spiro atoms. The molecule has 3 aromatic rings. The van der Waals surface area contributed by atoms with Crippen molar-refractivity contribution in [3.63, 3.8) is 0 Å².